The van der Waals surface area contributed by atoms with Crippen molar-refractivity contribution in [2.45, 2.75) is 31.7 Å². The number of benzene rings is 2. The van der Waals surface area contributed by atoms with Crippen molar-refractivity contribution in [3.63, 3.8) is 0 Å². The predicted molar refractivity (Wildman–Crippen MR) is 99.3 cm³/mol. The van der Waals surface area contributed by atoms with Crippen LogP contribution >= 0.6 is 0 Å². The van der Waals surface area contributed by atoms with Crippen molar-refractivity contribution in [1.82, 2.24) is 4.90 Å². The number of rotatable bonds is 4. The Kier molecular flexibility index (Phi) is 4.54. The highest BCUT2D eigenvalue weighted by atomic mass is 16.5. The Morgan fingerprint density at radius 3 is 2.52 bits per heavy atom. The Morgan fingerprint density at radius 1 is 1.15 bits per heavy atom. The highest BCUT2D eigenvalue weighted by Crippen LogP contribution is 2.42. The summed E-state index contributed by atoms with van der Waals surface area (Å²) in [4.78, 5) is 27.3. The average Bonchev–Trinajstić information content (AvgIpc) is 3.06. The molecule has 138 valence electrons. The molecule has 5 heteroatoms. The van der Waals surface area contributed by atoms with Gasteiger partial charge >= 0.3 is 5.97 Å². The minimum Gasteiger partial charge on any atom is -0.457 e. The third kappa shape index (κ3) is 3.26. The van der Waals surface area contributed by atoms with Crippen LogP contribution in [0.25, 0.3) is 0 Å². The average molecular weight is 363 g/mol. The first-order valence-electron chi connectivity index (χ1n) is 9.02. The van der Waals surface area contributed by atoms with Crippen molar-refractivity contribution in [2.75, 3.05) is 6.61 Å². The minimum absolute atomic E-state index is 0.0786. The van der Waals surface area contributed by atoms with Crippen molar-refractivity contribution in [2.24, 2.45) is 0 Å². The Balaban J connectivity index is 1.53. The number of nitrogens with zero attached hydrogens (tertiary/aromatic N) is 1. The van der Waals surface area contributed by atoms with Crippen molar-refractivity contribution in [3.05, 3.63) is 83.4 Å². The van der Waals surface area contributed by atoms with Crippen LogP contribution in [0.5, 0.6) is 0 Å². The molecule has 2 atom stereocenters. The van der Waals surface area contributed by atoms with E-state index in [4.69, 9.17) is 9.47 Å². The van der Waals surface area contributed by atoms with Gasteiger partial charge in [-0.2, -0.15) is 0 Å². The van der Waals surface area contributed by atoms with Gasteiger partial charge in [-0.3, -0.25) is 4.79 Å². The lowest BCUT2D eigenvalue weighted by molar-refractivity contribution is -0.152. The van der Waals surface area contributed by atoms with Crippen LogP contribution in [0.1, 0.15) is 30.5 Å². The van der Waals surface area contributed by atoms with E-state index < -0.39 is 11.7 Å². The molecule has 4 rings (SSSR count). The third-order valence-electron chi connectivity index (χ3n) is 5.12. The van der Waals surface area contributed by atoms with Crippen LogP contribution in [0.15, 0.2) is 72.3 Å². The third-order valence-corrected chi connectivity index (χ3v) is 5.12. The van der Waals surface area contributed by atoms with E-state index in [2.05, 4.69) is 0 Å². The number of carbonyl (C=O) groups is 2. The summed E-state index contributed by atoms with van der Waals surface area (Å²) >= 11 is 0. The Morgan fingerprint density at radius 2 is 1.81 bits per heavy atom. The molecule has 0 N–H and O–H groups in total. The van der Waals surface area contributed by atoms with Gasteiger partial charge in [0.25, 0.3) is 5.91 Å². The fourth-order valence-electron chi connectivity index (χ4n) is 3.65. The molecule has 5 nitrogen and oxygen atoms in total. The second-order valence-electron chi connectivity index (χ2n) is 6.97. The highest BCUT2D eigenvalue weighted by molar-refractivity contribution is 6.17. The highest BCUT2D eigenvalue weighted by Gasteiger charge is 2.51. The zero-order chi connectivity index (χ0) is 18.9. The first-order valence-corrected chi connectivity index (χ1v) is 9.02. The summed E-state index contributed by atoms with van der Waals surface area (Å²) in [7, 11) is 0. The SMILES string of the molecule is C[C@]12CC=C(C(=O)OCc3ccccc3)C(=O)N1[C@H](c1ccccc1)CO2. The van der Waals surface area contributed by atoms with E-state index in [0.717, 1.165) is 11.1 Å². The molecule has 0 radical (unpaired) electrons. The van der Waals surface area contributed by atoms with E-state index in [0.29, 0.717) is 13.0 Å². The van der Waals surface area contributed by atoms with Crippen LogP contribution in [0.4, 0.5) is 0 Å². The summed E-state index contributed by atoms with van der Waals surface area (Å²) in [5.74, 6) is -0.933. The molecule has 2 aliphatic heterocycles. The molecule has 2 heterocycles. The lowest BCUT2D eigenvalue weighted by Gasteiger charge is -2.39. The van der Waals surface area contributed by atoms with Gasteiger partial charge in [-0.25, -0.2) is 4.79 Å². The zero-order valence-corrected chi connectivity index (χ0v) is 15.1. The molecule has 0 spiro atoms. The van der Waals surface area contributed by atoms with Crippen LogP contribution in [-0.4, -0.2) is 29.1 Å². The normalized spacial score (nSPS) is 24.3. The van der Waals surface area contributed by atoms with E-state index in [-0.39, 0.29) is 24.1 Å². The molecule has 0 bridgehead atoms. The van der Waals surface area contributed by atoms with Gasteiger partial charge in [0, 0.05) is 6.42 Å². The smallest absolute Gasteiger partial charge is 0.343 e. The first-order chi connectivity index (χ1) is 13.1. The number of carbonyl (C=O) groups excluding carboxylic acids is 2. The van der Waals surface area contributed by atoms with Gasteiger partial charge in [0.05, 0.1) is 12.6 Å². The quantitative estimate of drug-likeness (QED) is 0.617. The molecule has 1 fully saturated rings. The number of ether oxygens (including phenoxy) is 2. The van der Waals surface area contributed by atoms with E-state index in [1.165, 1.54) is 0 Å². The van der Waals surface area contributed by atoms with Gasteiger partial charge in [-0.05, 0) is 18.1 Å². The summed E-state index contributed by atoms with van der Waals surface area (Å²) in [6, 6.07) is 18.9. The number of hydrogen-bond acceptors (Lipinski definition) is 4. The van der Waals surface area contributed by atoms with Crippen LogP contribution < -0.4 is 0 Å². The maximum Gasteiger partial charge on any atom is 0.343 e. The lowest BCUT2D eigenvalue weighted by atomic mass is 9.96. The van der Waals surface area contributed by atoms with Crippen molar-refractivity contribution < 1.29 is 19.1 Å². The molecule has 2 aromatic carbocycles. The largest absolute Gasteiger partial charge is 0.457 e. The summed E-state index contributed by atoms with van der Waals surface area (Å²) < 4.78 is 11.3. The standard InChI is InChI=1S/C22H21NO4/c1-22-13-12-18(21(25)26-14-16-8-4-2-5-9-16)20(24)23(22)19(15-27-22)17-10-6-3-7-11-17/h2-12,19H,13-15H2,1H3/t19-,22-/m0/s1. The van der Waals surface area contributed by atoms with E-state index >= 15 is 0 Å². The van der Waals surface area contributed by atoms with Crippen molar-refractivity contribution in [1.29, 1.82) is 0 Å². The minimum atomic E-state index is -0.735. The van der Waals surface area contributed by atoms with E-state index in [9.17, 15) is 9.59 Å². The molecule has 0 saturated carbocycles. The molecule has 0 aliphatic carbocycles. The van der Waals surface area contributed by atoms with Gasteiger partial charge < -0.3 is 14.4 Å². The first kappa shape index (κ1) is 17.5. The second-order valence-corrected chi connectivity index (χ2v) is 6.97. The van der Waals surface area contributed by atoms with Gasteiger partial charge in [0.2, 0.25) is 0 Å². The Labute approximate surface area is 158 Å². The molecular formula is C22H21NO4. The molecule has 1 saturated heterocycles. The number of hydrogen-bond donors (Lipinski definition) is 0. The van der Waals surface area contributed by atoms with Crippen LogP contribution in [-0.2, 0) is 25.7 Å². The number of esters is 1. The van der Waals surface area contributed by atoms with Gasteiger partial charge in [0.1, 0.15) is 17.9 Å². The molecule has 0 unspecified atom stereocenters. The zero-order valence-electron chi connectivity index (χ0n) is 15.1. The molecule has 0 aromatic heterocycles. The number of amides is 1. The van der Waals surface area contributed by atoms with Gasteiger partial charge in [-0.1, -0.05) is 66.7 Å². The fourth-order valence-corrected chi connectivity index (χ4v) is 3.65. The topological polar surface area (TPSA) is 55.8 Å². The summed E-state index contributed by atoms with van der Waals surface area (Å²) in [6.45, 7) is 2.43. The van der Waals surface area contributed by atoms with Gasteiger partial charge in [-0.15, -0.1) is 0 Å². The number of fused-ring (bicyclic) bond motifs is 1. The van der Waals surface area contributed by atoms with E-state index in [1.807, 2.05) is 67.6 Å². The van der Waals surface area contributed by atoms with E-state index in [1.54, 1.807) is 11.0 Å². The molecule has 27 heavy (non-hydrogen) atoms. The molecule has 2 aliphatic rings. The summed E-state index contributed by atoms with van der Waals surface area (Å²) in [5, 5.41) is 0. The molecule has 2 aromatic rings. The fraction of sp³-hybridized carbons (Fsp3) is 0.273. The Hall–Kier alpha value is -2.92. The maximum absolute atomic E-state index is 13.1. The van der Waals surface area contributed by atoms with Crippen LogP contribution in [0.2, 0.25) is 0 Å². The maximum atomic E-state index is 13.1. The second kappa shape index (κ2) is 7.00. The van der Waals surface area contributed by atoms with Crippen molar-refractivity contribution in [3.8, 4) is 0 Å². The van der Waals surface area contributed by atoms with Crippen molar-refractivity contribution >= 4 is 11.9 Å². The molecule has 1 amide bonds. The Bertz CT molecular complexity index is 878. The summed E-state index contributed by atoms with van der Waals surface area (Å²) in [6.07, 6.45) is 2.09. The predicted octanol–water partition coefficient (Wildman–Crippen LogP) is 3.38. The molecular weight excluding hydrogens is 342 g/mol. The lowest BCUT2D eigenvalue weighted by Crippen LogP contribution is -2.50. The van der Waals surface area contributed by atoms with Crippen LogP contribution in [0.3, 0.4) is 0 Å². The summed E-state index contributed by atoms with van der Waals surface area (Å²) in [5.41, 5.74) is 1.22. The van der Waals surface area contributed by atoms with Gasteiger partial charge in [0.15, 0.2) is 0 Å². The van der Waals surface area contributed by atoms with Crippen LogP contribution in [0, 0.1) is 0 Å². The monoisotopic (exact) mass is 363 g/mol.